The van der Waals surface area contributed by atoms with Crippen molar-refractivity contribution in [3.8, 4) is 0 Å². The lowest BCUT2D eigenvalue weighted by molar-refractivity contribution is -0.146. The first-order valence-corrected chi connectivity index (χ1v) is 8.61. The fourth-order valence-electron chi connectivity index (χ4n) is 3.42. The Balaban J connectivity index is 1.80. The van der Waals surface area contributed by atoms with Crippen LogP contribution in [0.15, 0.2) is 0 Å². The number of hydrogen-bond donors (Lipinski definition) is 1. The van der Waals surface area contributed by atoms with Crippen molar-refractivity contribution in [1.29, 1.82) is 0 Å². The molecule has 0 radical (unpaired) electrons. The highest BCUT2D eigenvalue weighted by Crippen LogP contribution is 2.20. The predicted molar refractivity (Wildman–Crippen MR) is 84.4 cm³/mol. The Kier molecular flexibility index (Phi) is 6.93. The molecule has 0 saturated carbocycles. The van der Waals surface area contributed by atoms with Crippen LogP contribution >= 0.6 is 0 Å². The lowest BCUT2D eigenvalue weighted by atomic mass is 10.2. The smallest absolute Gasteiger partial charge is 0.324 e. The van der Waals surface area contributed by atoms with Gasteiger partial charge in [0.2, 0.25) is 0 Å². The van der Waals surface area contributed by atoms with Crippen LogP contribution in [0.1, 0.15) is 39.5 Å². The average molecular weight is 297 g/mol. The molecule has 2 saturated heterocycles. The summed E-state index contributed by atoms with van der Waals surface area (Å²) in [5.74, 6) is -0.101. The van der Waals surface area contributed by atoms with Crippen molar-refractivity contribution >= 4 is 5.97 Å². The molecule has 0 aromatic heterocycles. The zero-order valence-corrected chi connectivity index (χ0v) is 13.6. The maximum atomic E-state index is 12.1. The molecule has 5 heteroatoms. The van der Waals surface area contributed by atoms with E-state index in [9.17, 15) is 4.79 Å². The van der Waals surface area contributed by atoms with Crippen molar-refractivity contribution in [2.45, 2.75) is 51.6 Å². The van der Waals surface area contributed by atoms with Gasteiger partial charge >= 0.3 is 5.97 Å². The average Bonchev–Trinajstić information content (AvgIpc) is 3.14. The number of likely N-dealkylation sites (tertiary alicyclic amines) is 2. The molecule has 2 aliphatic rings. The van der Waals surface area contributed by atoms with Crippen LogP contribution in [-0.4, -0.2) is 73.7 Å². The summed E-state index contributed by atoms with van der Waals surface area (Å²) in [6.45, 7) is 10.8. The SMILES string of the molecule is CCCNC(CN1CCC(N2CCCC2)C1)C(=O)OCC. The van der Waals surface area contributed by atoms with Crippen LogP contribution in [0.5, 0.6) is 0 Å². The van der Waals surface area contributed by atoms with E-state index >= 15 is 0 Å². The number of esters is 1. The first kappa shape index (κ1) is 16.7. The zero-order chi connectivity index (χ0) is 15.1. The number of carbonyl (C=O) groups excluding carboxylic acids is 1. The molecule has 0 bridgehead atoms. The van der Waals surface area contributed by atoms with E-state index in [4.69, 9.17) is 4.74 Å². The summed E-state index contributed by atoms with van der Waals surface area (Å²) in [6, 6.07) is 0.517. The number of nitrogens with one attached hydrogen (secondary N) is 1. The molecule has 0 amide bonds. The summed E-state index contributed by atoms with van der Waals surface area (Å²) in [5, 5.41) is 3.34. The van der Waals surface area contributed by atoms with Gasteiger partial charge in [-0.2, -0.15) is 0 Å². The minimum Gasteiger partial charge on any atom is -0.465 e. The summed E-state index contributed by atoms with van der Waals surface area (Å²) in [5.41, 5.74) is 0. The number of nitrogens with zero attached hydrogens (tertiary/aromatic N) is 2. The van der Waals surface area contributed by atoms with Gasteiger partial charge in [-0.25, -0.2) is 0 Å². The normalized spacial score (nSPS) is 25.3. The molecule has 2 heterocycles. The Morgan fingerprint density at radius 3 is 2.71 bits per heavy atom. The molecule has 2 atom stereocenters. The minimum absolute atomic E-state index is 0.101. The summed E-state index contributed by atoms with van der Waals surface area (Å²) in [6.07, 6.45) is 4.97. The van der Waals surface area contributed by atoms with Crippen molar-refractivity contribution in [3.05, 3.63) is 0 Å². The third-order valence-electron chi connectivity index (χ3n) is 4.56. The Bertz CT molecular complexity index is 319. The van der Waals surface area contributed by atoms with Crippen LogP contribution in [0, 0.1) is 0 Å². The number of ether oxygens (including phenoxy) is 1. The molecule has 0 aromatic carbocycles. The van der Waals surface area contributed by atoms with Crippen LogP contribution in [0.25, 0.3) is 0 Å². The maximum absolute atomic E-state index is 12.1. The molecule has 2 unspecified atom stereocenters. The lowest BCUT2D eigenvalue weighted by Gasteiger charge is -2.26. The third-order valence-corrected chi connectivity index (χ3v) is 4.56. The van der Waals surface area contributed by atoms with Gasteiger partial charge in [-0.3, -0.25) is 14.6 Å². The van der Waals surface area contributed by atoms with E-state index in [1.165, 1.54) is 32.4 Å². The highest BCUT2D eigenvalue weighted by Gasteiger charge is 2.31. The van der Waals surface area contributed by atoms with Crippen molar-refractivity contribution in [2.75, 3.05) is 45.9 Å². The molecular weight excluding hydrogens is 266 g/mol. The second-order valence-electron chi connectivity index (χ2n) is 6.20. The van der Waals surface area contributed by atoms with Crippen molar-refractivity contribution in [2.24, 2.45) is 0 Å². The molecule has 1 N–H and O–H groups in total. The van der Waals surface area contributed by atoms with Crippen molar-refractivity contribution < 1.29 is 9.53 Å². The number of hydrogen-bond acceptors (Lipinski definition) is 5. The van der Waals surface area contributed by atoms with E-state index in [2.05, 4.69) is 22.0 Å². The second kappa shape index (κ2) is 8.71. The van der Waals surface area contributed by atoms with E-state index < -0.39 is 0 Å². The van der Waals surface area contributed by atoms with Gasteiger partial charge in [0.1, 0.15) is 6.04 Å². The van der Waals surface area contributed by atoms with Gasteiger partial charge in [-0.05, 0) is 58.8 Å². The fraction of sp³-hybridized carbons (Fsp3) is 0.938. The number of carbonyl (C=O) groups is 1. The lowest BCUT2D eigenvalue weighted by Crippen LogP contribution is -2.47. The topological polar surface area (TPSA) is 44.8 Å². The van der Waals surface area contributed by atoms with Gasteiger partial charge in [-0.1, -0.05) is 6.92 Å². The highest BCUT2D eigenvalue weighted by molar-refractivity contribution is 5.76. The zero-order valence-electron chi connectivity index (χ0n) is 13.6. The molecule has 5 nitrogen and oxygen atoms in total. The molecule has 122 valence electrons. The third kappa shape index (κ3) is 4.94. The maximum Gasteiger partial charge on any atom is 0.324 e. The summed E-state index contributed by atoms with van der Waals surface area (Å²) in [4.78, 5) is 17.1. The molecular formula is C16H31N3O2. The van der Waals surface area contributed by atoms with Crippen LogP contribution < -0.4 is 5.32 Å². The van der Waals surface area contributed by atoms with Gasteiger partial charge in [-0.15, -0.1) is 0 Å². The quantitative estimate of drug-likeness (QED) is 0.680. The van der Waals surface area contributed by atoms with Gasteiger partial charge in [0.05, 0.1) is 6.61 Å². The molecule has 2 rings (SSSR count). The highest BCUT2D eigenvalue weighted by atomic mass is 16.5. The molecule has 2 aliphatic heterocycles. The van der Waals surface area contributed by atoms with Crippen LogP contribution in [0.3, 0.4) is 0 Å². The molecule has 21 heavy (non-hydrogen) atoms. The summed E-state index contributed by atoms with van der Waals surface area (Å²) in [7, 11) is 0. The molecule has 2 fully saturated rings. The predicted octanol–water partition coefficient (Wildman–Crippen LogP) is 1.09. The van der Waals surface area contributed by atoms with Gasteiger partial charge in [0, 0.05) is 19.1 Å². The molecule has 0 aliphatic carbocycles. The molecule has 0 aromatic rings. The Morgan fingerprint density at radius 1 is 1.29 bits per heavy atom. The summed E-state index contributed by atoms with van der Waals surface area (Å²) >= 11 is 0. The van der Waals surface area contributed by atoms with Gasteiger partial charge < -0.3 is 10.1 Å². The van der Waals surface area contributed by atoms with Gasteiger partial charge in [0.15, 0.2) is 0 Å². The number of rotatable bonds is 8. The van der Waals surface area contributed by atoms with Crippen LogP contribution in [0.4, 0.5) is 0 Å². The van der Waals surface area contributed by atoms with Crippen molar-refractivity contribution in [3.63, 3.8) is 0 Å². The monoisotopic (exact) mass is 297 g/mol. The standard InChI is InChI=1S/C16H31N3O2/c1-3-8-17-15(16(20)21-4-2)13-18-11-7-14(12-18)19-9-5-6-10-19/h14-15,17H,3-13H2,1-2H3. The Morgan fingerprint density at radius 2 is 2.05 bits per heavy atom. The van der Waals surface area contributed by atoms with Crippen molar-refractivity contribution in [1.82, 2.24) is 15.1 Å². The van der Waals surface area contributed by atoms with Gasteiger partial charge in [0.25, 0.3) is 0 Å². The van der Waals surface area contributed by atoms with Crippen LogP contribution in [0.2, 0.25) is 0 Å². The first-order chi connectivity index (χ1) is 10.2. The second-order valence-corrected chi connectivity index (χ2v) is 6.20. The largest absolute Gasteiger partial charge is 0.465 e. The first-order valence-electron chi connectivity index (χ1n) is 8.61. The van der Waals surface area contributed by atoms with E-state index in [1.807, 2.05) is 6.92 Å². The Hall–Kier alpha value is -0.650. The fourth-order valence-corrected chi connectivity index (χ4v) is 3.42. The molecule has 0 spiro atoms. The minimum atomic E-state index is -0.178. The Labute approximate surface area is 129 Å². The van der Waals surface area contributed by atoms with E-state index in [-0.39, 0.29) is 12.0 Å². The van der Waals surface area contributed by atoms with Crippen LogP contribution in [-0.2, 0) is 9.53 Å². The van der Waals surface area contributed by atoms with E-state index in [0.717, 1.165) is 32.6 Å². The van der Waals surface area contributed by atoms with E-state index in [0.29, 0.717) is 12.6 Å². The van der Waals surface area contributed by atoms with E-state index in [1.54, 1.807) is 0 Å². The summed E-state index contributed by atoms with van der Waals surface area (Å²) < 4.78 is 5.20.